The van der Waals surface area contributed by atoms with Gasteiger partial charge in [-0.3, -0.25) is 4.79 Å². The fraction of sp³-hybridized carbons (Fsp3) is 0.417. The summed E-state index contributed by atoms with van der Waals surface area (Å²) < 4.78 is 5.75. The Balaban J connectivity index is 2.07. The Hall–Kier alpha value is -1.35. The number of nitrogens with one attached hydrogen (secondary N) is 1. The van der Waals surface area contributed by atoms with E-state index < -0.39 is 0 Å². The van der Waals surface area contributed by atoms with Gasteiger partial charge in [-0.2, -0.15) is 0 Å². The van der Waals surface area contributed by atoms with Gasteiger partial charge in [0.05, 0.1) is 0 Å². The van der Waals surface area contributed by atoms with E-state index in [2.05, 4.69) is 5.32 Å². The maximum Gasteiger partial charge on any atom is 0.159 e. The molecule has 1 aromatic rings. The minimum absolute atomic E-state index is 0.0741. The lowest BCUT2D eigenvalue weighted by atomic mass is 10.1. The van der Waals surface area contributed by atoms with Crippen LogP contribution in [0.25, 0.3) is 0 Å². The summed E-state index contributed by atoms with van der Waals surface area (Å²) in [6, 6.07) is 7.36. The molecule has 15 heavy (non-hydrogen) atoms. The Morgan fingerprint density at radius 2 is 2.40 bits per heavy atom. The summed E-state index contributed by atoms with van der Waals surface area (Å²) in [5.74, 6) is 0.862. The summed E-state index contributed by atoms with van der Waals surface area (Å²) in [5.41, 5.74) is 0.707. The first-order chi connectivity index (χ1) is 7.25. The van der Waals surface area contributed by atoms with E-state index in [1.54, 1.807) is 13.0 Å². The largest absolute Gasteiger partial charge is 0.489 e. The average molecular weight is 205 g/mol. The molecule has 1 saturated heterocycles. The fourth-order valence-corrected chi connectivity index (χ4v) is 1.71. The lowest BCUT2D eigenvalue weighted by molar-refractivity contribution is 0.101. The molecule has 3 heteroatoms. The van der Waals surface area contributed by atoms with Gasteiger partial charge in [0.15, 0.2) is 5.78 Å². The standard InChI is InChI=1S/C12H15NO2/c1-9(14)10-3-2-4-11(7-10)15-12-5-6-13-8-12/h2-4,7,12-13H,5-6,8H2,1H3. The van der Waals surface area contributed by atoms with Crippen LogP contribution in [-0.2, 0) is 0 Å². The third-order valence-corrected chi connectivity index (χ3v) is 2.56. The first-order valence-corrected chi connectivity index (χ1v) is 5.24. The van der Waals surface area contributed by atoms with Crippen LogP contribution in [0, 0.1) is 0 Å². The molecule has 1 aromatic carbocycles. The molecule has 0 saturated carbocycles. The summed E-state index contributed by atoms with van der Waals surface area (Å²) >= 11 is 0. The van der Waals surface area contributed by atoms with E-state index in [-0.39, 0.29) is 11.9 Å². The van der Waals surface area contributed by atoms with Crippen molar-refractivity contribution in [2.75, 3.05) is 13.1 Å². The van der Waals surface area contributed by atoms with Crippen molar-refractivity contribution in [2.24, 2.45) is 0 Å². The predicted molar refractivity (Wildman–Crippen MR) is 58.3 cm³/mol. The van der Waals surface area contributed by atoms with Gasteiger partial charge in [0, 0.05) is 12.1 Å². The molecule has 1 fully saturated rings. The number of hydrogen-bond donors (Lipinski definition) is 1. The molecule has 0 spiro atoms. The smallest absolute Gasteiger partial charge is 0.159 e. The van der Waals surface area contributed by atoms with Gasteiger partial charge in [0.25, 0.3) is 0 Å². The van der Waals surface area contributed by atoms with Gasteiger partial charge in [0.2, 0.25) is 0 Å². The number of Topliss-reactive ketones (excluding diaryl/α,β-unsaturated/α-hetero) is 1. The van der Waals surface area contributed by atoms with Crippen molar-refractivity contribution in [1.29, 1.82) is 0 Å². The van der Waals surface area contributed by atoms with Gasteiger partial charge in [-0.05, 0) is 32.0 Å². The van der Waals surface area contributed by atoms with Crippen molar-refractivity contribution >= 4 is 5.78 Å². The van der Waals surface area contributed by atoms with Crippen molar-refractivity contribution < 1.29 is 9.53 Å². The summed E-state index contributed by atoms with van der Waals surface area (Å²) in [7, 11) is 0. The van der Waals surface area contributed by atoms with Crippen LogP contribution in [-0.4, -0.2) is 25.0 Å². The molecular weight excluding hydrogens is 190 g/mol. The summed E-state index contributed by atoms with van der Waals surface area (Å²) in [5, 5.41) is 3.24. The molecule has 0 amide bonds. The minimum atomic E-state index is 0.0741. The highest BCUT2D eigenvalue weighted by Crippen LogP contribution is 2.17. The molecule has 3 nitrogen and oxygen atoms in total. The monoisotopic (exact) mass is 205 g/mol. The minimum Gasteiger partial charge on any atom is -0.489 e. The molecule has 0 bridgehead atoms. The summed E-state index contributed by atoms with van der Waals surface area (Å²) in [6.45, 7) is 3.47. The second-order valence-electron chi connectivity index (χ2n) is 3.82. The fourth-order valence-electron chi connectivity index (χ4n) is 1.71. The van der Waals surface area contributed by atoms with Crippen LogP contribution in [0.3, 0.4) is 0 Å². The SMILES string of the molecule is CC(=O)c1cccc(OC2CCNC2)c1. The highest BCUT2D eigenvalue weighted by Gasteiger charge is 2.15. The number of hydrogen-bond acceptors (Lipinski definition) is 3. The Bertz CT molecular complexity index is 356. The predicted octanol–water partition coefficient (Wildman–Crippen LogP) is 1.63. The zero-order valence-corrected chi connectivity index (χ0v) is 8.82. The molecule has 80 valence electrons. The van der Waals surface area contributed by atoms with Crippen molar-refractivity contribution in [1.82, 2.24) is 5.32 Å². The zero-order chi connectivity index (χ0) is 10.7. The first-order valence-electron chi connectivity index (χ1n) is 5.24. The molecule has 1 heterocycles. The van der Waals surface area contributed by atoms with Gasteiger partial charge >= 0.3 is 0 Å². The molecule has 1 N–H and O–H groups in total. The van der Waals surface area contributed by atoms with Crippen LogP contribution in [0.2, 0.25) is 0 Å². The number of ketones is 1. The van der Waals surface area contributed by atoms with Gasteiger partial charge < -0.3 is 10.1 Å². The molecule has 0 aromatic heterocycles. The molecule has 2 rings (SSSR count). The van der Waals surface area contributed by atoms with E-state index in [0.29, 0.717) is 5.56 Å². The van der Waals surface area contributed by atoms with Crippen molar-refractivity contribution in [3.8, 4) is 5.75 Å². The third-order valence-electron chi connectivity index (χ3n) is 2.56. The van der Waals surface area contributed by atoms with Crippen molar-refractivity contribution in [3.63, 3.8) is 0 Å². The van der Waals surface area contributed by atoms with Crippen molar-refractivity contribution in [2.45, 2.75) is 19.4 Å². The number of ether oxygens (including phenoxy) is 1. The van der Waals surface area contributed by atoms with Crippen molar-refractivity contribution in [3.05, 3.63) is 29.8 Å². The number of rotatable bonds is 3. The Labute approximate surface area is 89.4 Å². The van der Waals surface area contributed by atoms with Crippen LogP contribution in [0.15, 0.2) is 24.3 Å². The van der Waals surface area contributed by atoms with Gasteiger partial charge in [-0.15, -0.1) is 0 Å². The Morgan fingerprint density at radius 1 is 1.53 bits per heavy atom. The number of carbonyl (C=O) groups excluding carboxylic acids is 1. The maximum absolute atomic E-state index is 11.2. The normalized spacial score (nSPS) is 20.2. The quantitative estimate of drug-likeness (QED) is 0.762. The number of benzene rings is 1. The van der Waals surface area contributed by atoms with E-state index in [9.17, 15) is 4.79 Å². The number of carbonyl (C=O) groups is 1. The summed E-state index contributed by atoms with van der Waals surface area (Å²) in [4.78, 5) is 11.2. The van der Waals surface area contributed by atoms with E-state index in [1.807, 2.05) is 18.2 Å². The third kappa shape index (κ3) is 2.57. The van der Waals surface area contributed by atoms with E-state index in [0.717, 1.165) is 25.3 Å². The molecular formula is C12H15NO2. The van der Waals surface area contributed by atoms with E-state index >= 15 is 0 Å². The molecule has 0 radical (unpaired) electrons. The van der Waals surface area contributed by atoms with Gasteiger partial charge in [-0.25, -0.2) is 0 Å². The molecule has 1 aliphatic rings. The van der Waals surface area contributed by atoms with Crippen LogP contribution < -0.4 is 10.1 Å². The van der Waals surface area contributed by atoms with Crippen LogP contribution >= 0.6 is 0 Å². The summed E-state index contributed by atoms with van der Waals surface area (Å²) in [6.07, 6.45) is 1.27. The topological polar surface area (TPSA) is 38.3 Å². The Kier molecular flexibility index (Phi) is 3.02. The van der Waals surface area contributed by atoms with Gasteiger partial charge in [0.1, 0.15) is 11.9 Å². The maximum atomic E-state index is 11.2. The van der Waals surface area contributed by atoms with Crippen LogP contribution in [0.5, 0.6) is 5.75 Å². The van der Waals surface area contributed by atoms with E-state index in [4.69, 9.17) is 4.74 Å². The second kappa shape index (κ2) is 4.45. The zero-order valence-electron chi connectivity index (χ0n) is 8.82. The molecule has 1 unspecified atom stereocenters. The first kappa shape index (κ1) is 10.2. The van der Waals surface area contributed by atoms with Crippen LogP contribution in [0.4, 0.5) is 0 Å². The highest BCUT2D eigenvalue weighted by molar-refractivity contribution is 5.94. The highest BCUT2D eigenvalue weighted by atomic mass is 16.5. The molecule has 1 atom stereocenters. The van der Waals surface area contributed by atoms with Crippen LogP contribution in [0.1, 0.15) is 23.7 Å². The van der Waals surface area contributed by atoms with E-state index in [1.165, 1.54) is 0 Å². The second-order valence-corrected chi connectivity index (χ2v) is 3.82. The molecule has 1 aliphatic heterocycles. The lowest BCUT2D eigenvalue weighted by Gasteiger charge is -2.12. The van der Waals surface area contributed by atoms with Gasteiger partial charge in [-0.1, -0.05) is 12.1 Å². The Morgan fingerprint density at radius 3 is 3.07 bits per heavy atom. The molecule has 0 aliphatic carbocycles. The lowest BCUT2D eigenvalue weighted by Crippen LogP contribution is -2.19. The average Bonchev–Trinajstić information content (AvgIpc) is 2.71.